The number of rotatable bonds is 2. The van der Waals surface area contributed by atoms with E-state index in [4.69, 9.17) is 9.72 Å². The maximum absolute atomic E-state index is 5.41. The molecule has 1 saturated heterocycles. The Labute approximate surface area is 120 Å². The maximum Gasteiger partial charge on any atom is 0.217 e. The zero-order valence-corrected chi connectivity index (χ0v) is 12.8. The third-order valence-corrected chi connectivity index (χ3v) is 3.56. The zero-order chi connectivity index (χ0) is 14.5. The van der Waals surface area contributed by atoms with Crippen molar-refractivity contribution >= 4 is 5.65 Å². The molecule has 0 saturated carbocycles. The molecule has 0 aliphatic carbocycles. The highest BCUT2D eigenvalue weighted by Gasteiger charge is 2.19. The van der Waals surface area contributed by atoms with Crippen LogP contribution in [-0.2, 0) is 0 Å². The number of nitrogens with zero attached hydrogens (tertiary/aromatic N) is 3. The molecule has 2 aromatic heterocycles. The summed E-state index contributed by atoms with van der Waals surface area (Å²) >= 11 is 0. The fraction of sp³-hybridized carbons (Fsp3) is 0.600. The van der Waals surface area contributed by atoms with Gasteiger partial charge in [-0.1, -0.05) is 13.8 Å². The number of aromatic nitrogens is 3. The number of aryl methyl sites for hydroxylation is 1. The van der Waals surface area contributed by atoms with Crippen LogP contribution in [0.4, 0.5) is 0 Å². The van der Waals surface area contributed by atoms with E-state index in [0.29, 0.717) is 5.92 Å². The van der Waals surface area contributed by atoms with Crippen molar-refractivity contribution in [3.63, 3.8) is 0 Å². The third kappa shape index (κ3) is 2.77. The number of hydrogen-bond donors (Lipinski definition) is 1. The van der Waals surface area contributed by atoms with E-state index >= 15 is 0 Å². The number of methoxy groups -OCH3 is 1. The normalized spacial score (nSPS) is 18.5. The van der Waals surface area contributed by atoms with E-state index in [2.05, 4.69) is 10.4 Å². The third-order valence-electron chi connectivity index (χ3n) is 3.56. The van der Waals surface area contributed by atoms with Crippen LogP contribution in [0, 0.1) is 6.92 Å². The van der Waals surface area contributed by atoms with Gasteiger partial charge in [-0.05, 0) is 26.3 Å². The van der Waals surface area contributed by atoms with Gasteiger partial charge >= 0.3 is 0 Å². The van der Waals surface area contributed by atoms with Gasteiger partial charge in [0.05, 0.1) is 19.0 Å². The second-order valence-electron chi connectivity index (χ2n) is 4.83. The zero-order valence-electron chi connectivity index (χ0n) is 12.8. The van der Waals surface area contributed by atoms with Gasteiger partial charge in [0.1, 0.15) is 0 Å². The van der Waals surface area contributed by atoms with Crippen molar-refractivity contribution in [1.29, 1.82) is 0 Å². The fourth-order valence-corrected chi connectivity index (χ4v) is 2.52. The summed E-state index contributed by atoms with van der Waals surface area (Å²) in [6.45, 7) is 8.14. The van der Waals surface area contributed by atoms with Crippen molar-refractivity contribution < 1.29 is 4.74 Å². The fourth-order valence-electron chi connectivity index (χ4n) is 2.52. The smallest absolute Gasteiger partial charge is 0.217 e. The first-order chi connectivity index (χ1) is 9.79. The molecule has 0 amide bonds. The van der Waals surface area contributed by atoms with E-state index in [-0.39, 0.29) is 0 Å². The van der Waals surface area contributed by atoms with Crippen molar-refractivity contribution in [2.45, 2.75) is 39.5 Å². The van der Waals surface area contributed by atoms with Crippen LogP contribution in [0.25, 0.3) is 5.65 Å². The highest BCUT2D eigenvalue weighted by atomic mass is 16.5. The maximum atomic E-state index is 5.41. The number of fused-ring (bicyclic) bond motifs is 1. The van der Waals surface area contributed by atoms with Gasteiger partial charge in [0.15, 0.2) is 5.65 Å². The highest BCUT2D eigenvalue weighted by molar-refractivity contribution is 5.48. The molecule has 0 bridgehead atoms. The average molecular weight is 276 g/mol. The van der Waals surface area contributed by atoms with Crippen LogP contribution >= 0.6 is 0 Å². The van der Waals surface area contributed by atoms with Gasteiger partial charge < -0.3 is 10.1 Å². The van der Waals surface area contributed by atoms with Crippen molar-refractivity contribution in [1.82, 2.24) is 19.9 Å². The van der Waals surface area contributed by atoms with Crippen LogP contribution in [0.2, 0.25) is 0 Å². The summed E-state index contributed by atoms with van der Waals surface area (Å²) in [5.41, 5.74) is 3.09. The van der Waals surface area contributed by atoms with Gasteiger partial charge in [0.25, 0.3) is 0 Å². The van der Waals surface area contributed by atoms with Gasteiger partial charge in [0, 0.05) is 24.1 Å². The lowest BCUT2D eigenvalue weighted by Crippen LogP contribution is -2.29. The molecule has 1 atom stereocenters. The predicted molar refractivity (Wildman–Crippen MR) is 80.5 cm³/mol. The summed E-state index contributed by atoms with van der Waals surface area (Å²) in [6, 6.07) is 2.01. The number of ether oxygens (including phenoxy) is 1. The topological polar surface area (TPSA) is 51.5 Å². The van der Waals surface area contributed by atoms with Gasteiger partial charge in [-0.25, -0.2) is 4.98 Å². The number of piperidine rings is 1. The molecule has 0 radical (unpaired) electrons. The molecule has 20 heavy (non-hydrogen) atoms. The highest BCUT2D eigenvalue weighted by Crippen LogP contribution is 2.26. The van der Waals surface area contributed by atoms with Gasteiger partial charge in [0.2, 0.25) is 5.88 Å². The summed E-state index contributed by atoms with van der Waals surface area (Å²) in [7, 11) is 1.68. The first kappa shape index (κ1) is 14.8. The van der Waals surface area contributed by atoms with Crippen LogP contribution in [0.15, 0.2) is 12.3 Å². The molecule has 1 aliphatic heterocycles. The van der Waals surface area contributed by atoms with Crippen LogP contribution in [0.5, 0.6) is 5.88 Å². The van der Waals surface area contributed by atoms with Crippen molar-refractivity contribution in [3.05, 3.63) is 23.5 Å². The molecule has 2 aromatic rings. The van der Waals surface area contributed by atoms with E-state index < -0.39 is 0 Å². The monoisotopic (exact) mass is 276 g/mol. The summed E-state index contributed by atoms with van der Waals surface area (Å²) in [6.07, 6.45) is 4.22. The van der Waals surface area contributed by atoms with Crippen molar-refractivity contribution in [2.75, 3.05) is 20.2 Å². The molecule has 1 N–H and O–H groups in total. The Morgan fingerprint density at radius 2 is 2.20 bits per heavy atom. The Kier molecular flexibility index (Phi) is 4.95. The van der Waals surface area contributed by atoms with Crippen LogP contribution < -0.4 is 10.1 Å². The van der Waals surface area contributed by atoms with Gasteiger partial charge in [-0.15, -0.1) is 0 Å². The second kappa shape index (κ2) is 6.70. The van der Waals surface area contributed by atoms with Crippen molar-refractivity contribution in [2.24, 2.45) is 0 Å². The lowest BCUT2D eigenvalue weighted by atomic mass is 9.96. The minimum absolute atomic E-state index is 0.479. The first-order valence-electron chi connectivity index (χ1n) is 7.39. The van der Waals surface area contributed by atoms with E-state index in [1.54, 1.807) is 11.6 Å². The van der Waals surface area contributed by atoms with Gasteiger partial charge in [-0.3, -0.25) is 0 Å². The number of nitrogens with one attached hydrogen (secondary N) is 1. The first-order valence-corrected chi connectivity index (χ1v) is 7.39. The quantitative estimate of drug-likeness (QED) is 0.916. The summed E-state index contributed by atoms with van der Waals surface area (Å²) < 4.78 is 7.17. The molecule has 1 aliphatic rings. The molecule has 3 rings (SSSR count). The Morgan fingerprint density at radius 1 is 1.40 bits per heavy atom. The largest absolute Gasteiger partial charge is 0.481 e. The molecule has 110 valence electrons. The Hall–Kier alpha value is -1.62. The standard InChI is InChI=1S/C13H18N4O.C2H6/c1-9-7-15-17-12(18-2)6-11(16-13(9)17)10-4-3-5-14-8-10;1-2/h6-7,10,14H,3-5,8H2,1-2H3;1-2H3. The van der Waals surface area contributed by atoms with Crippen molar-refractivity contribution in [3.8, 4) is 5.88 Å². The van der Waals surface area contributed by atoms with E-state index in [9.17, 15) is 0 Å². The lowest BCUT2D eigenvalue weighted by molar-refractivity contribution is 0.381. The Bertz CT molecular complexity index is 558. The molecular formula is C15H24N4O. The summed E-state index contributed by atoms with van der Waals surface area (Å²) in [5.74, 6) is 1.24. The molecule has 5 heteroatoms. The van der Waals surface area contributed by atoms with E-state index in [1.807, 2.05) is 33.0 Å². The molecule has 3 heterocycles. The van der Waals surface area contributed by atoms with Crippen LogP contribution in [0.3, 0.4) is 0 Å². The summed E-state index contributed by atoms with van der Waals surface area (Å²) in [4.78, 5) is 4.75. The molecule has 1 fully saturated rings. The average Bonchev–Trinajstić information content (AvgIpc) is 2.91. The SMILES string of the molecule is CC.COc1cc(C2CCCNC2)nc2c(C)cnn12. The van der Waals surface area contributed by atoms with Gasteiger partial charge in [-0.2, -0.15) is 9.61 Å². The van der Waals surface area contributed by atoms with Crippen LogP contribution in [-0.4, -0.2) is 34.8 Å². The van der Waals surface area contributed by atoms with E-state index in [0.717, 1.165) is 35.9 Å². The molecule has 0 aromatic carbocycles. The molecular weight excluding hydrogens is 252 g/mol. The summed E-state index contributed by atoms with van der Waals surface area (Å²) in [5, 5.41) is 7.71. The Morgan fingerprint density at radius 3 is 2.85 bits per heavy atom. The molecule has 0 spiro atoms. The van der Waals surface area contributed by atoms with E-state index in [1.165, 1.54) is 12.8 Å². The lowest BCUT2D eigenvalue weighted by Gasteiger charge is -2.22. The minimum atomic E-state index is 0.479. The predicted octanol–water partition coefficient (Wildman–Crippen LogP) is 2.54. The Balaban J connectivity index is 0.000000704. The second-order valence-corrected chi connectivity index (χ2v) is 4.83. The molecule has 1 unspecified atom stereocenters. The molecule has 5 nitrogen and oxygen atoms in total. The number of hydrogen-bond acceptors (Lipinski definition) is 4. The minimum Gasteiger partial charge on any atom is -0.481 e. The van der Waals surface area contributed by atoms with Crippen LogP contribution in [0.1, 0.15) is 43.9 Å².